The number of ether oxygens (including phenoxy) is 1. The topological polar surface area (TPSA) is 47.3 Å². The maximum absolute atomic E-state index is 5.44. The predicted molar refractivity (Wildman–Crippen MR) is 56.1 cm³/mol. The summed E-state index contributed by atoms with van der Waals surface area (Å²) in [4.78, 5) is 0. The fraction of sp³-hybridized carbons (Fsp3) is 0.455. The third kappa shape index (κ3) is 1.74. The van der Waals surface area contributed by atoms with Crippen molar-refractivity contribution in [1.82, 2.24) is 5.43 Å². The van der Waals surface area contributed by atoms with Crippen molar-refractivity contribution < 1.29 is 4.74 Å². The highest BCUT2D eigenvalue weighted by molar-refractivity contribution is 5.37. The molecule has 3 heteroatoms. The van der Waals surface area contributed by atoms with Crippen molar-refractivity contribution in [3.63, 3.8) is 0 Å². The number of methoxy groups -OCH3 is 1. The van der Waals surface area contributed by atoms with Gasteiger partial charge in [-0.2, -0.15) is 0 Å². The Kier molecular flexibility index (Phi) is 2.70. The molecular formula is C11H16N2O. The fourth-order valence-electron chi connectivity index (χ4n) is 2.00. The first-order valence-electron chi connectivity index (χ1n) is 4.95. The molecule has 0 bridgehead atoms. The largest absolute Gasteiger partial charge is 0.497 e. The van der Waals surface area contributed by atoms with Crippen LogP contribution in [-0.2, 0) is 12.8 Å². The SMILES string of the molecule is COc1ccc2c(c1)CCC(NN)C2. The van der Waals surface area contributed by atoms with E-state index in [0.717, 1.165) is 25.0 Å². The van der Waals surface area contributed by atoms with E-state index in [0.29, 0.717) is 6.04 Å². The summed E-state index contributed by atoms with van der Waals surface area (Å²) in [6, 6.07) is 6.70. The minimum atomic E-state index is 0.427. The van der Waals surface area contributed by atoms with E-state index in [9.17, 15) is 0 Å². The highest BCUT2D eigenvalue weighted by atomic mass is 16.5. The molecule has 0 radical (unpaired) electrons. The zero-order valence-electron chi connectivity index (χ0n) is 8.42. The molecule has 0 heterocycles. The van der Waals surface area contributed by atoms with Gasteiger partial charge in [0.2, 0.25) is 0 Å². The van der Waals surface area contributed by atoms with Gasteiger partial charge in [-0.3, -0.25) is 11.3 Å². The molecule has 0 saturated carbocycles. The van der Waals surface area contributed by atoms with Crippen molar-refractivity contribution in [2.75, 3.05) is 7.11 Å². The Bertz CT molecular complexity index is 325. The van der Waals surface area contributed by atoms with E-state index < -0.39 is 0 Å². The molecule has 1 unspecified atom stereocenters. The molecular weight excluding hydrogens is 176 g/mol. The molecule has 76 valence electrons. The lowest BCUT2D eigenvalue weighted by Gasteiger charge is -2.24. The zero-order chi connectivity index (χ0) is 9.97. The molecule has 14 heavy (non-hydrogen) atoms. The molecule has 3 nitrogen and oxygen atoms in total. The summed E-state index contributed by atoms with van der Waals surface area (Å²) in [7, 11) is 1.70. The van der Waals surface area contributed by atoms with Crippen LogP contribution >= 0.6 is 0 Å². The summed E-state index contributed by atoms with van der Waals surface area (Å²) in [5.41, 5.74) is 5.63. The Balaban J connectivity index is 2.23. The molecule has 1 aliphatic rings. The minimum absolute atomic E-state index is 0.427. The summed E-state index contributed by atoms with van der Waals surface area (Å²) in [6.07, 6.45) is 3.22. The summed E-state index contributed by atoms with van der Waals surface area (Å²) < 4.78 is 5.19. The molecule has 0 amide bonds. The van der Waals surface area contributed by atoms with E-state index in [4.69, 9.17) is 10.6 Å². The number of hydrogen-bond acceptors (Lipinski definition) is 3. The van der Waals surface area contributed by atoms with E-state index in [1.165, 1.54) is 11.1 Å². The minimum Gasteiger partial charge on any atom is -0.497 e. The van der Waals surface area contributed by atoms with Crippen LogP contribution in [0.3, 0.4) is 0 Å². The van der Waals surface area contributed by atoms with E-state index in [-0.39, 0.29) is 0 Å². The van der Waals surface area contributed by atoms with Crippen LogP contribution in [0.25, 0.3) is 0 Å². The zero-order valence-corrected chi connectivity index (χ0v) is 8.42. The van der Waals surface area contributed by atoms with Crippen LogP contribution in [0.4, 0.5) is 0 Å². The molecule has 0 aromatic heterocycles. The maximum Gasteiger partial charge on any atom is 0.119 e. The second-order valence-electron chi connectivity index (χ2n) is 3.74. The van der Waals surface area contributed by atoms with Crippen molar-refractivity contribution in [2.45, 2.75) is 25.3 Å². The molecule has 1 aromatic rings. The van der Waals surface area contributed by atoms with Gasteiger partial charge in [-0.15, -0.1) is 0 Å². The van der Waals surface area contributed by atoms with Crippen LogP contribution in [0.1, 0.15) is 17.5 Å². The molecule has 2 rings (SSSR count). The first-order chi connectivity index (χ1) is 6.83. The van der Waals surface area contributed by atoms with Gasteiger partial charge in [0, 0.05) is 6.04 Å². The second-order valence-corrected chi connectivity index (χ2v) is 3.74. The smallest absolute Gasteiger partial charge is 0.119 e. The van der Waals surface area contributed by atoms with Gasteiger partial charge < -0.3 is 4.74 Å². The highest BCUT2D eigenvalue weighted by Gasteiger charge is 2.17. The van der Waals surface area contributed by atoms with Gasteiger partial charge in [-0.25, -0.2) is 0 Å². The lowest BCUT2D eigenvalue weighted by Crippen LogP contribution is -2.39. The normalized spacial score (nSPS) is 20.3. The highest BCUT2D eigenvalue weighted by Crippen LogP contribution is 2.25. The van der Waals surface area contributed by atoms with Gasteiger partial charge in [-0.1, -0.05) is 6.07 Å². The van der Waals surface area contributed by atoms with E-state index in [2.05, 4.69) is 17.6 Å². The van der Waals surface area contributed by atoms with Crippen LogP contribution in [-0.4, -0.2) is 13.2 Å². The average molecular weight is 192 g/mol. The molecule has 0 saturated heterocycles. The third-order valence-corrected chi connectivity index (χ3v) is 2.88. The van der Waals surface area contributed by atoms with Crippen molar-refractivity contribution in [3.8, 4) is 5.75 Å². The second kappa shape index (κ2) is 3.98. The van der Waals surface area contributed by atoms with Gasteiger partial charge >= 0.3 is 0 Å². The van der Waals surface area contributed by atoms with Gasteiger partial charge in [0.1, 0.15) is 5.75 Å². The fourth-order valence-corrected chi connectivity index (χ4v) is 2.00. The number of benzene rings is 1. The molecule has 3 N–H and O–H groups in total. The Morgan fingerprint density at radius 2 is 2.29 bits per heavy atom. The van der Waals surface area contributed by atoms with Crippen LogP contribution in [0.2, 0.25) is 0 Å². The van der Waals surface area contributed by atoms with Gasteiger partial charge in [0.15, 0.2) is 0 Å². The number of hydrazine groups is 1. The average Bonchev–Trinajstić information content (AvgIpc) is 2.27. The standard InChI is InChI=1S/C11H16N2O/c1-14-11-5-3-8-6-10(13-12)4-2-9(8)7-11/h3,5,7,10,13H,2,4,6,12H2,1H3. The molecule has 1 aliphatic carbocycles. The summed E-state index contributed by atoms with van der Waals surface area (Å²) in [5, 5.41) is 0. The van der Waals surface area contributed by atoms with Gasteiger partial charge in [-0.05, 0) is 42.5 Å². The summed E-state index contributed by atoms with van der Waals surface area (Å²) >= 11 is 0. The monoisotopic (exact) mass is 192 g/mol. The van der Waals surface area contributed by atoms with Crippen LogP contribution in [0.15, 0.2) is 18.2 Å². The van der Waals surface area contributed by atoms with Crippen LogP contribution in [0.5, 0.6) is 5.75 Å². The van der Waals surface area contributed by atoms with Gasteiger partial charge in [0.05, 0.1) is 7.11 Å². The van der Waals surface area contributed by atoms with E-state index in [1.807, 2.05) is 6.07 Å². The number of aryl methyl sites for hydroxylation is 1. The lowest BCUT2D eigenvalue weighted by atomic mass is 9.88. The van der Waals surface area contributed by atoms with Crippen LogP contribution in [0, 0.1) is 0 Å². The van der Waals surface area contributed by atoms with Crippen molar-refractivity contribution in [1.29, 1.82) is 0 Å². The lowest BCUT2D eigenvalue weighted by molar-refractivity contribution is 0.411. The van der Waals surface area contributed by atoms with Crippen molar-refractivity contribution in [2.24, 2.45) is 5.84 Å². The molecule has 1 atom stereocenters. The predicted octanol–water partition coefficient (Wildman–Crippen LogP) is 1.02. The Hall–Kier alpha value is -1.06. The van der Waals surface area contributed by atoms with E-state index in [1.54, 1.807) is 7.11 Å². The van der Waals surface area contributed by atoms with E-state index >= 15 is 0 Å². The third-order valence-electron chi connectivity index (χ3n) is 2.88. The number of hydrogen-bond donors (Lipinski definition) is 2. The Morgan fingerprint density at radius 3 is 3.00 bits per heavy atom. The summed E-state index contributed by atoms with van der Waals surface area (Å²) in [6.45, 7) is 0. The Morgan fingerprint density at radius 1 is 1.43 bits per heavy atom. The molecule has 0 spiro atoms. The maximum atomic E-state index is 5.44. The first kappa shape index (κ1) is 9.49. The van der Waals surface area contributed by atoms with Crippen molar-refractivity contribution in [3.05, 3.63) is 29.3 Å². The number of rotatable bonds is 2. The number of nitrogens with one attached hydrogen (secondary N) is 1. The number of fused-ring (bicyclic) bond motifs is 1. The van der Waals surface area contributed by atoms with Gasteiger partial charge in [0.25, 0.3) is 0 Å². The summed E-state index contributed by atoms with van der Waals surface area (Å²) in [5.74, 6) is 6.39. The molecule has 0 aliphatic heterocycles. The molecule has 0 fully saturated rings. The Labute approximate surface area is 84.2 Å². The quantitative estimate of drug-likeness (QED) is 0.543. The number of nitrogens with two attached hydrogens (primary N) is 1. The molecule has 1 aromatic carbocycles. The van der Waals surface area contributed by atoms with Crippen molar-refractivity contribution >= 4 is 0 Å². The van der Waals surface area contributed by atoms with Crippen LogP contribution < -0.4 is 16.0 Å². The first-order valence-corrected chi connectivity index (χ1v) is 4.95.